The van der Waals surface area contributed by atoms with E-state index in [2.05, 4.69) is 12.8 Å². The van der Waals surface area contributed by atoms with Gasteiger partial charge in [-0.05, 0) is 0 Å². The van der Waals surface area contributed by atoms with E-state index in [1.54, 1.807) is 0 Å². The molecule has 0 N–H and O–H groups in total. The predicted octanol–water partition coefficient (Wildman–Crippen LogP) is -0.278. The maximum Gasteiger partial charge on any atom is 1.00 e. The minimum Gasteiger partial charge on any atom is -0.358 e. The summed E-state index contributed by atoms with van der Waals surface area (Å²) in [6.07, 6.45) is 0. The second kappa shape index (κ2) is 4.36. The van der Waals surface area contributed by atoms with E-state index >= 15 is 0 Å². The van der Waals surface area contributed by atoms with Gasteiger partial charge in [-0.25, -0.2) is 0 Å². The maximum absolute atomic E-state index is 8.62. The fraction of sp³-hybridized carbons (Fsp3) is 0. The van der Waals surface area contributed by atoms with E-state index < -0.39 is 4.33 Å². The van der Waals surface area contributed by atoms with E-state index in [-0.39, 0.29) is 22.4 Å². The summed E-state index contributed by atoms with van der Waals surface area (Å²) < 4.78 is -0.917. The van der Waals surface area contributed by atoms with Gasteiger partial charge in [-0.2, -0.15) is 0 Å². The molecule has 5 heavy (non-hydrogen) atoms. The molecular weight excluding hydrogens is 186 g/mol. The third-order valence-corrected chi connectivity index (χ3v) is 0. The van der Waals surface area contributed by atoms with E-state index in [1.807, 2.05) is 0 Å². The molecule has 0 aliphatic carbocycles. The molecule has 34 valence electrons. The molecule has 0 saturated heterocycles. The van der Waals surface area contributed by atoms with Crippen LogP contribution >= 0.6 is 0 Å². The van der Waals surface area contributed by atoms with Gasteiger partial charge in [0.1, 0.15) is 0 Å². The molecule has 0 aliphatic rings. The summed E-state index contributed by atoms with van der Waals surface area (Å²) >= 11 is 3.34. The molecule has 5 heteroatoms. The summed E-state index contributed by atoms with van der Waals surface area (Å²) in [5.74, 6) is 0. The molecule has 0 atom stereocenters. The summed E-state index contributed by atoms with van der Waals surface area (Å²) in [5.41, 5.74) is 0. The Labute approximate surface area is 50.0 Å². The minimum atomic E-state index is -0.917. The second-order valence-electron chi connectivity index (χ2n) is 0.224. The van der Waals surface area contributed by atoms with Crippen molar-refractivity contribution < 1.29 is 26.7 Å². The normalized spacial score (nSPS) is 4.80. The first-order chi connectivity index (χ1) is 1.73. The van der Waals surface area contributed by atoms with Gasteiger partial charge >= 0.3 is 22.4 Å². The standard InChI is InChI=1S/Ag.NO2S/c;2-1(3)4/q+1;-1. The third-order valence-electron chi connectivity index (χ3n) is 0. The van der Waals surface area contributed by atoms with Crippen molar-refractivity contribution >= 4 is 12.8 Å². The average molecular weight is 186 g/mol. The first-order valence-electron chi connectivity index (χ1n) is 0.548. The zero-order valence-corrected chi connectivity index (χ0v) is 4.27. The smallest absolute Gasteiger partial charge is 0.358 e. The van der Waals surface area contributed by atoms with Gasteiger partial charge in [0.05, 0.1) is 0 Å². The van der Waals surface area contributed by atoms with Crippen LogP contribution < -0.4 is 0 Å². The minimum absolute atomic E-state index is 0. The molecule has 0 fully saturated rings. The van der Waals surface area contributed by atoms with Gasteiger partial charge in [0.15, 0.2) is 0 Å². The molecule has 0 aromatic carbocycles. The van der Waals surface area contributed by atoms with Crippen molar-refractivity contribution in [1.82, 2.24) is 0 Å². The monoisotopic (exact) mass is 185 g/mol. The molecular formula is AgNO2S. The first-order valence-corrected chi connectivity index (χ1v) is 0.913. The maximum atomic E-state index is 8.62. The fourth-order valence-electron chi connectivity index (χ4n) is 0. The van der Waals surface area contributed by atoms with Crippen molar-refractivity contribution in [3.63, 3.8) is 0 Å². The van der Waals surface area contributed by atoms with Crippen LogP contribution in [0.15, 0.2) is 0 Å². The molecule has 0 amide bonds. The van der Waals surface area contributed by atoms with E-state index in [9.17, 15) is 0 Å². The van der Waals surface area contributed by atoms with Gasteiger partial charge in [0.25, 0.3) is 0 Å². The van der Waals surface area contributed by atoms with Gasteiger partial charge in [-0.15, -0.1) is 0 Å². The Balaban J connectivity index is 0. The number of nitro groups is 1. The molecule has 0 bridgehead atoms. The van der Waals surface area contributed by atoms with Gasteiger partial charge in [0, 0.05) is 0 Å². The Morgan fingerprint density at radius 3 is 1.80 bits per heavy atom. The number of hydrogen-bond acceptors (Lipinski definition) is 3. The predicted molar refractivity (Wildman–Crippen MR) is 14.4 cm³/mol. The van der Waals surface area contributed by atoms with E-state index in [4.69, 9.17) is 10.1 Å². The summed E-state index contributed by atoms with van der Waals surface area (Å²) in [7, 11) is 0. The molecule has 3 nitrogen and oxygen atoms in total. The Hall–Kier alpha value is 0.360. The largest absolute Gasteiger partial charge is 1.00 e. The number of nitrogens with zero attached hydrogens (tertiary/aromatic N) is 1. The van der Waals surface area contributed by atoms with Crippen molar-refractivity contribution in [2.45, 2.75) is 0 Å². The van der Waals surface area contributed by atoms with Gasteiger partial charge < -0.3 is 12.8 Å². The van der Waals surface area contributed by atoms with E-state index in [0.717, 1.165) is 0 Å². The van der Waals surface area contributed by atoms with Crippen molar-refractivity contribution in [3.05, 3.63) is 10.1 Å². The SMILES string of the molecule is O=[N+]([O-])[S-].[Ag+]. The van der Waals surface area contributed by atoms with E-state index in [0.29, 0.717) is 0 Å². The van der Waals surface area contributed by atoms with Crippen LogP contribution in [0.1, 0.15) is 0 Å². The average Bonchev–Trinajstić information content (AvgIpc) is 0.811. The van der Waals surface area contributed by atoms with Gasteiger partial charge in [-0.1, -0.05) is 4.33 Å². The van der Waals surface area contributed by atoms with Crippen LogP contribution in [0.25, 0.3) is 0 Å². The summed E-state index contributed by atoms with van der Waals surface area (Å²) in [4.78, 5) is 8.62. The van der Waals surface area contributed by atoms with Crippen LogP contribution in [0.4, 0.5) is 0 Å². The van der Waals surface area contributed by atoms with E-state index in [1.165, 1.54) is 0 Å². The van der Waals surface area contributed by atoms with Crippen LogP contribution in [0.2, 0.25) is 0 Å². The number of rotatable bonds is 0. The van der Waals surface area contributed by atoms with Crippen LogP contribution in [0, 0.1) is 10.1 Å². The molecule has 0 saturated carbocycles. The Morgan fingerprint density at radius 2 is 1.80 bits per heavy atom. The Bertz CT molecular complexity index is 32.6. The summed E-state index contributed by atoms with van der Waals surface area (Å²) in [6.45, 7) is 0. The van der Waals surface area contributed by atoms with Gasteiger partial charge in [-0.3, -0.25) is 10.1 Å². The molecule has 0 aliphatic heterocycles. The second-order valence-corrected chi connectivity index (χ2v) is 0.522. The molecule has 0 radical (unpaired) electrons. The van der Waals surface area contributed by atoms with Crippen molar-refractivity contribution in [2.24, 2.45) is 0 Å². The molecule has 0 spiro atoms. The Kier molecular flexibility index (Phi) is 7.87. The summed E-state index contributed by atoms with van der Waals surface area (Å²) in [5, 5.41) is 8.62. The van der Waals surface area contributed by atoms with Crippen molar-refractivity contribution in [1.29, 1.82) is 0 Å². The third kappa shape index (κ3) is 187. The quantitative estimate of drug-likeness (QED) is 0.226. The molecule has 0 rings (SSSR count). The van der Waals surface area contributed by atoms with Crippen LogP contribution in [0.3, 0.4) is 0 Å². The van der Waals surface area contributed by atoms with Crippen molar-refractivity contribution in [2.75, 3.05) is 0 Å². The van der Waals surface area contributed by atoms with Crippen LogP contribution in [-0.2, 0) is 35.2 Å². The molecule has 0 unspecified atom stereocenters. The summed E-state index contributed by atoms with van der Waals surface area (Å²) in [6, 6.07) is 0. The zero-order chi connectivity index (χ0) is 3.58. The fourth-order valence-corrected chi connectivity index (χ4v) is 0. The molecule has 0 heterocycles. The van der Waals surface area contributed by atoms with Crippen LogP contribution in [0.5, 0.6) is 0 Å². The molecule has 0 aromatic rings. The molecule has 0 aromatic heterocycles. The van der Waals surface area contributed by atoms with Gasteiger partial charge in [0.2, 0.25) is 0 Å². The van der Waals surface area contributed by atoms with Crippen LogP contribution in [-0.4, -0.2) is 4.33 Å². The zero-order valence-electron chi connectivity index (χ0n) is 1.97. The Morgan fingerprint density at radius 1 is 1.80 bits per heavy atom. The number of hydrogen-bond donors (Lipinski definition) is 0. The first kappa shape index (κ1) is 9.03. The topological polar surface area (TPSA) is 43.1 Å². The van der Waals surface area contributed by atoms with Crippen molar-refractivity contribution in [3.8, 4) is 0 Å².